The molecule has 1 heterocycles. The largest absolute Gasteiger partial charge is 0.295 e. The molecule has 2 aromatic rings. The summed E-state index contributed by atoms with van der Waals surface area (Å²) in [5.74, 6) is 0.100. The lowest BCUT2D eigenvalue weighted by molar-refractivity contribution is 0.101. The van der Waals surface area contributed by atoms with Crippen LogP contribution in [0.25, 0.3) is 10.8 Å². The Hall–Kier alpha value is -1.70. The van der Waals surface area contributed by atoms with E-state index in [0.717, 1.165) is 21.9 Å². The lowest BCUT2D eigenvalue weighted by Crippen LogP contribution is -1.92. The van der Waals surface area contributed by atoms with Gasteiger partial charge < -0.3 is 0 Å². The van der Waals surface area contributed by atoms with Crippen molar-refractivity contribution in [2.24, 2.45) is 0 Å². The van der Waals surface area contributed by atoms with E-state index in [4.69, 9.17) is 0 Å². The van der Waals surface area contributed by atoms with Gasteiger partial charge in [-0.05, 0) is 30.9 Å². The predicted octanol–water partition coefficient (Wildman–Crippen LogP) is 2.75. The SMILES string of the molecule is CC(=O)c1ccc2cncc(C)c2c1. The molecule has 0 amide bonds. The molecule has 0 N–H and O–H groups in total. The zero-order valence-corrected chi connectivity index (χ0v) is 8.24. The van der Waals surface area contributed by atoms with Gasteiger partial charge in [-0.3, -0.25) is 9.78 Å². The molecule has 0 atom stereocenters. The Labute approximate surface area is 82.6 Å². The highest BCUT2D eigenvalue weighted by molar-refractivity contribution is 5.98. The number of ketones is 1. The first kappa shape index (κ1) is 8.88. The van der Waals surface area contributed by atoms with E-state index in [0.29, 0.717) is 0 Å². The van der Waals surface area contributed by atoms with Crippen molar-refractivity contribution in [1.82, 2.24) is 4.98 Å². The molecule has 2 heteroatoms. The smallest absolute Gasteiger partial charge is 0.159 e. The van der Waals surface area contributed by atoms with Crippen LogP contribution in [-0.4, -0.2) is 10.8 Å². The minimum atomic E-state index is 0.100. The molecule has 0 aliphatic carbocycles. The predicted molar refractivity (Wildman–Crippen MR) is 56.5 cm³/mol. The zero-order valence-electron chi connectivity index (χ0n) is 8.24. The second-order valence-corrected chi connectivity index (χ2v) is 3.45. The summed E-state index contributed by atoms with van der Waals surface area (Å²) in [6.45, 7) is 3.58. The van der Waals surface area contributed by atoms with Gasteiger partial charge in [0.05, 0.1) is 0 Å². The summed E-state index contributed by atoms with van der Waals surface area (Å²) in [5, 5.41) is 2.18. The third-order valence-corrected chi connectivity index (χ3v) is 2.37. The number of Topliss-reactive ketones (excluding diaryl/α,β-unsaturated/α-hetero) is 1. The summed E-state index contributed by atoms with van der Waals surface area (Å²) < 4.78 is 0. The minimum Gasteiger partial charge on any atom is -0.295 e. The Kier molecular flexibility index (Phi) is 2.04. The van der Waals surface area contributed by atoms with Crippen molar-refractivity contribution in [3.05, 3.63) is 41.7 Å². The third-order valence-electron chi connectivity index (χ3n) is 2.37. The molecular formula is C12H11NO. The van der Waals surface area contributed by atoms with E-state index in [1.165, 1.54) is 0 Å². The molecule has 0 spiro atoms. The molecule has 1 aromatic heterocycles. The Bertz CT molecular complexity index is 503. The zero-order chi connectivity index (χ0) is 10.1. The number of aromatic nitrogens is 1. The summed E-state index contributed by atoms with van der Waals surface area (Å²) in [7, 11) is 0. The number of aryl methyl sites for hydroxylation is 1. The standard InChI is InChI=1S/C12H11NO/c1-8-6-13-7-11-4-3-10(9(2)14)5-12(8)11/h3-7H,1-2H3. The lowest BCUT2D eigenvalue weighted by Gasteiger charge is -2.02. The van der Waals surface area contributed by atoms with E-state index < -0.39 is 0 Å². The van der Waals surface area contributed by atoms with Crippen LogP contribution >= 0.6 is 0 Å². The highest BCUT2D eigenvalue weighted by atomic mass is 16.1. The van der Waals surface area contributed by atoms with Crippen molar-refractivity contribution in [3.8, 4) is 0 Å². The highest BCUT2D eigenvalue weighted by Gasteiger charge is 2.02. The van der Waals surface area contributed by atoms with Crippen LogP contribution in [0.15, 0.2) is 30.6 Å². The molecule has 2 rings (SSSR count). The van der Waals surface area contributed by atoms with Crippen LogP contribution in [0.4, 0.5) is 0 Å². The Balaban J connectivity index is 2.76. The van der Waals surface area contributed by atoms with Gasteiger partial charge in [0.1, 0.15) is 0 Å². The molecule has 0 unspecified atom stereocenters. The average molecular weight is 185 g/mol. The normalized spacial score (nSPS) is 10.4. The Morgan fingerprint density at radius 3 is 2.79 bits per heavy atom. The van der Waals surface area contributed by atoms with Crippen molar-refractivity contribution in [2.75, 3.05) is 0 Å². The number of carbonyl (C=O) groups is 1. The summed E-state index contributed by atoms with van der Waals surface area (Å²) in [6, 6.07) is 5.70. The fourth-order valence-corrected chi connectivity index (χ4v) is 1.53. The number of pyridine rings is 1. The van der Waals surface area contributed by atoms with Crippen molar-refractivity contribution >= 4 is 16.6 Å². The van der Waals surface area contributed by atoms with Crippen LogP contribution in [0.3, 0.4) is 0 Å². The van der Waals surface area contributed by atoms with Crippen molar-refractivity contribution in [1.29, 1.82) is 0 Å². The van der Waals surface area contributed by atoms with Gasteiger partial charge in [0, 0.05) is 23.3 Å². The first-order valence-corrected chi connectivity index (χ1v) is 4.54. The molecule has 14 heavy (non-hydrogen) atoms. The van der Waals surface area contributed by atoms with E-state index >= 15 is 0 Å². The quantitative estimate of drug-likeness (QED) is 0.639. The fraction of sp³-hybridized carbons (Fsp3) is 0.167. The molecule has 0 fully saturated rings. The molecule has 0 aliphatic rings. The van der Waals surface area contributed by atoms with Crippen LogP contribution in [-0.2, 0) is 0 Å². The van der Waals surface area contributed by atoms with E-state index in [1.54, 1.807) is 6.92 Å². The molecule has 0 saturated carbocycles. The summed E-state index contributed by atoms with van der Waals surface area (Å²) >= 11 is 0. The molecule has 1 aromatic carbocycles. The first-order chi connectivity index (χ1) is 6.68. The number of fused-ring (bicyclic) bond motifs is 1. The molecule has 2 nitrogen and oxygen atoms in total. The van der Waals surface area contributed by atoms with Gasteiger partial charge in [-0.2, -0.15) is 0 Å². The number of carbonyl (C=O) groups excluding carboxylic acids is 1. The molecule has 0 saturated heterocycles. The number of hydrogen-bond acceptors (Lipinski definition) is 2. The average Bonchev–Trinajstić information content (AvgIpc) is 2.18. The van der Waals surface area contributed by atoms with Crippen LogP contribution < -0.4 is 0 Å². The minimum absolute atomic E-state index is 0.100. The summed E-state index contributed by atoms with van der Waals surface area (Å²) in [5.41, 5.74) is 1.86. The first-order valence-electron chi connectivity index (χ1n) is 4.54. The van der Waals surface area contributed by atoms with E-state index in [-0.39, 0.29) is 5.78 Å². The second-order valence-electron chi connectivity index (χ2n) is 3.45. The topological polar surface area (TPSA) is 30.0 Å². The second kappa shape index (κ2) is 3.22. The van der Waals surface area contributed by atoms with Gasteiger partial charge in [0.2, 0.25) is 0 Å². The number of nitrogens with zero attached hydrogens (tertiary/aromatic N) is 1. The Morgan fingerprint density at radius 2 is 2.07 bits per heavy atom. The molecule has 0 bridgehead atoms. The maximum absolute atomic E-state index is 11.2. The van der Waals surface area contributed by atoms with Crippen LogP contribution in [0.2, 0.25) is 0 Å². The van der Waals surface area contributed by atoms with Crippen molar-refractivity contribution < 1.29 is 4.79 Å². The summed E-state index contributed by atoms with van der Waals surface area (Å²) in [4.78, 5) is 15.3. The van der Waals surface area contributed by atoms with Crippen LogP contribution in [0.5, 0.6) is 0 Å². The Morgan fingerprint density at radius 1 is 1.29 bits per heavy atom. The molecule has 70 valence electrons. The third kappa shape index (κ3) is 1.39. The monoisotopic (exact) mass is 185 g/mol. The van der Waals surface area contributed by atoms with Gasteiger partial charge in [-0.15, -0.1) is 0 Å². The fourth-order valence-electron chi connectivity index (χ4n) is 1.53. The van der Waals surface area contributed by atoms with Gasteiger partial charge in [0.25, 0.3) is 0 Å². The lowest BCUT2D eigenvalue weighted by atomic mass is 10.0. The van der Waals surface area contributed by atoms with E-state index in [1.807, 2.05) is 37.5 Å². The molecular weight excluding hydrogens is 174 g/mol. The van der Waals surface area contributed by atoms with Gasteiger partial charge in [-0.25, -0.2) is 0 Å². The van der Waals surface area contributed by atoms with Gasteiger partial charge in [0.15, 0.2) is 5.78 Å². The van der Waals surface area contributed by atoms with E-state index in [9.17, 15) is 4.79 Å². The number of hydrogen-bond donors (Lipinski definition) is 0. The summed E-state index contributed by atoms with van der Waals surface area (Å²) in [6.07, 6.45) is 3.62. The van der Waals surface area contributed by atoms with Crippen LogP contribution in [0, 0.1) is 6.92 Å². The van der Waals surface area contributed by atoms with Crippen molar-refractivity contribution in [2.45, 2.75) is 13.8 Å². The van der Waals surface area contributed by atoms with Gasteiger partial charge >= 0.3 is 0 Å². The van der Waals surface area contributed by atoms with Gasteiger partial charge in [-0.1, -0.05) is 12.1 Å². The maximum Gasteiger partial charge on any atom is 0.159 e. The molecule has 0 radical (unpaired) electrons. The highest BCUT2D eigenvalue weighted by Crippen LogP contribution is 2.18. The molecule has 0 aliphatic heterocycles. The maximum atomic E-state index is 11.2. The number of benzene rings is 1. The van der Waals surface area contributed by atoms with E-state index in [2.05, 4.69) is 4.98 Å². The number of rotatable bonds is 1. The van der Waals surface area contributed by atoms with Crippen LogP contribution in [0.1, 0.15) is 22.8 Å². The van der Waals surface area contributed by atoms with Crippen molar-refractivity contribution in [3.63, 3.8) is 0 Å².